The Morgan fingerprint density at radius 2 is 0.941 bits per heavy atom. The first-order valence-electron chi connectivity index (χ1n) is 7.75. The molecule has 2 heteroatoms. The number of hydrogen-bond donors (Lipinski definition) is 0. The number of unbranched alkanes of at least 4 members (excludes halogenated alkanes) is 12. The molecule has 0 aliphatic heterocycles. The van der Waals surface area contributed by atoms with Gasteiger partial charge in [-0.25, -0.2) is 0 Å². The van der Waals surface area contributed by atoms with Gasteiger partial charge in [0.25, 0.3) is 0 Å². The van der Waals surface area contributed by atoms with Crippen LogP contribution in [0.2, 0.25) is 5.21 Å². The van der Waals surface area contributed by atoms with Crippen LogP contribution in [0.4, 0.5) is 0 Å². The summed E-state index contributed by atoms with van der Waals surface area (Å²) < 4.78 is 0. The van der Waals surface area contributed by atoms with Crippen molar-refractivity contribution in [1.29, 1.82) is 0 Å². The maximum absolute atomic E-state index is 5.77. The first-order chi connectivity index (χ1) is 8.41. The Balaban J connectivity index is 2.85. The van der Waals surface area contributed by atoms with Crippen molar-refractivity contribution in [3.05, 3.63) is 0 Å². The molecule has 1 unspecified atom stereocenters. The molecule has 0 radical (unpaired) electrons. The zero-order valence-electron chi connectivity index (χ0n) is 11.8. The number of halogens is 1. The third kappa shape index (κ3) is 16.8. The standard InChI is InChI=1S/C15H32AsCl/c1-2-3-4-5-6-7-8-9-10-11-12-13-14-15-16-17/h16H,2-15H2,1H3. The minimum atomic E-state index is -0.0719. The van der Waals surface area contributed by atoms with Crippen LogP contribution in [0, 0.1) is 0 Å². The van der Waals surface area contributed by atoms with Crippen molar-refractivity contribution in [2.24, 2.45) is 0 Å². The van der Waals surface area contributed by atoms with Crippen molar-refractivity contribution in [3.8, 4) is 0 Å². The van der Waals surface area contributed by atoms with Gasteiger partial charge in [-0.1, -0.05) is 19.8 Å². The Kier molecular flexibility index (Phi) is 17.7. The van der Waals surface area contributed by atoms with E-state index in [0.717, 1.165) is 0 Å². The average molecular weight is 323 g/mol. The van der Waals surface area contributed by atoms with Gasteiger partial charge in [0, 0.05) is 0 Å². The molecule has 0 aromatic heterocycles. The van der Waals surface area contributed by atoms with Crippen molar-refractivity contribution in [2.75, 3.05) is 0 Å². The molecular formula is C15H32AsCl. The number of hydrogen-bond acceptors (Lipinski definition) is 0. The molecule has 0 fully saturated rings. The van der Waals surface area contributed by atoms with E-state index in [1.165, 1.54) is 88.7 Å². The molecule has 0 nitrogen and oxygen atoms in total. The van der Waals surface area contributed by atoms with Crippen molar-refractivity contribution >= 4 is 24.8 Å². The summed E-state index contributed by atoms with van der Waals surface area (Å²) in [6.07, 6.45) is 18.8. The van der Waals surface area contributed by atoms with Crippen LogP contribution >= 0.6 is 9.95 Å². The van der Waals surface area contributed by atoms with Crippen LogP contribution in [0.25, 0.3) is 0 Å². The van der Waals surface area contributed by atoms with E-state index in [2.05, 4.69) is 6.92 Å². The van der Waals surface area contributed by atoms with Gasteiger partial charge in [-0.2, -0.15) is 0 Å². The van der Waals surface area contributed by atoms with Crippen LogP contribution in [0.15, 0.2) is 0 Å². The zero-order valence-corrected chi connectivity index (χ0v) is 14.6. The molecule has 0 spiro atoms. The summed E-state index contributed by atoms with van der Waals surface area (Å²) in [6.45, 7) is 2.29. The molecule has 0 aliphatic carbocycles. The second-order valence-electron chi connectivity index (χ2n) is 5.13. The van der Waals surface area contributed by atoms with Crippen molar-refractivity contribution < 1.29 is 0 Å². The fraction of sp³-hybridized carbons (Fsp3) is 1.00. The second kappa shape index (κ2) is 16.8. The van der Waals surface area contributed by atoms with Crippen molar-refractivity contribution in [3.63, 3.8) is 0 Å². The van der Waals surface area contributed by atoms with Crippen LogP contribution in [-0.4, -0.2) is 14.8 Å². The molecule has 0 saturated carbocycles. The van der Waals surface area contributed by atoms with Crippen LogP contribution in [0.5, 0.6) is 0 Å². The van der Waals surface area contributed by atoms with Crippen molar-refractivity contribution in [1.82, 2.24) is 0 Å². The summed E-state index contributed by atoms with van der Waals surface area (Å²) in [5.74, 6) is 0. The van der Waals surface area contributed by atoms with Crippen molar-refractivity contribution in [2.45, 2.75) is 95.6 Å². The van der Waals surface area contributed by atoms with E-state index in [4.69, 9.17) is 9.95 Å². The second-order valence-corrected chi connectivity index (χ2v) is 8.12. The van der Waals surface area contributed by atoms with Gasteiger partial charge in [0.1, 0.15) is 0 Å². The molecular weight excluding hydrogens is 291 g/mol. The van der Waals surface area contributed by atoms with Gasteiger partial charge in [0.2, 0.25) is 0 Å². The van der Waals surface area contributed by atoms with E-state index in [9.17, 15) is 0 Å². The van der Waals surface area contributed by atoms with E-state index in [0.29, 0.717) is 0 Å². The summed E-state index contributed by atoms with van der Waals surface area (Å²) in [4.78, 5) is 0. The molecule has 0 heterocycles. The summed E-state index contributed by atoms with van der Waals surface area (Å²) in [5.41, 5.74) is 0. The van der Waals surface area contributed by atoms with Gasteiger partial charge >= 0.3 is 101 Å². The summed E-state index contributed by atoms with van der Waals surface area (Å²) in [5, 5.41) is 1.33. The van der Waals surface area contributed by atoms with E-state index >= 15 is 0 Å². The fourth-order valence-corrected chi connectivity index (χ4v) is 3.71. The van der Waals surface area contributed by atoms with E-state index in [1.54, 1.807) is 0 Å². The molecule has 0 amide bonds. The predicted molar refractivity (Wildman–Crippen MR) is 83.5 cm³/mol. The number of rotatable bonds is 14. The predicted octanol–water partition coefficient (Wildman–Crippen LogP) is 6.09. The molecule has 0 saturated heterocycles. The molecule has 0 aliphatic rings. The van der Waals surface area contributed by atoms with Gasteiger partial charge < -0.3 is 0 Å². The minimum absolute atomic E-state index is 0.0719. The SMILES string of the molecule is CCCCCCCCCCCCCCC[AsH]Cl. The average Bonchev–Trinajstić information content (AvgIpc) is 2.35. The van der Waals surface area contributed by atoms with Gasteiger partial charge in [-0.05, 0) is 0 Å². The molecule has 0 rings (SSSR count). The van der Waals surface area contributed by atoms with E-state index < -0.39 is 0 Å². The first kappa shape index (κ1) is 17.8. The molecule has 0 N–H and O–H groups in total. The maximum atomic E-state index is 5.77. The van der Waals surface area contributed by atoms with E-state index in [-0.39, 0.29) is 14.8 Å². The van der Waals surface area contributed by atoms with Crippen LogP contribution in [-0.2, 0) is 0 Å². The normalized spacial score (nSPS) is 11.6. The monoisotopic (exact) mass is 322 g/mol. The molecule has 17 heavy (non-hydrogen) atoms. The van der Waals surface area contributed by atoms with Crippen LogP contribution in [0.3, 0.4) is 0 Å². The van der Waals surface area contributed by atoms with Gasteiger partial charge in [0.15, 0.2) is 0 Å². The summed E-state index contributed by atoms with van der Waals surface area (Å²) >= 11 is -0.0719. The van der Waals surface area contributed by atoms with Crippen LogP contribution < -0.4 is 0 Å². The fourth-order valence-electron chi connectivity index (χ4n) is 2.21. The van der Waals surface area contributed by atoms with Gasteiger partial charge in [-0.3, -0.25) is 0 Å². The molecule has 0 aromatic carbocycles. The Labute approximate surface area is 120 Å². The summed E-state index contributed by atoms with van der Waals surface area (Å²) in [7, 11) is 5.77. The zero-order chi connectivity index (χ0) is 12.6. The quantitative estimate of drug-likeness (QED) is 0.268. The Morgan fingerprint density at radius 3 is 1.29 bits per heavy atom. The van der Waals surface area contributed by atoms with E-state index in [1.807, 2.05) is 0 Å². The molecule has 1 atom stereocenters. The Morgan fingerprint density at radius 1 is 0.588 bits per heavy atom. The molecule has 0 bridgehead atoms. The first-order valence-corrected chi connectivity index (χ1v) is 12.0. The van der Waals surface area contributed by atoms with Crippen LogP contribution in [0.1, 0.15) is 90.4 Å². The Bertz CT molecular complexity index is 114. The topological polar surface area (TPSA) is 0 Å². The molecule has 0 aromatic rings. The summed E-state index contributed by atoms with van der Waals surface area (Å²) in [6, 6.07) is 0. The van der Waals surface area contributed by atoms with Gasteiger partial charge in [-0.15, -0.1) is 0 Å². The van der Waals surface area contributed by atoms with Gasteiger partial charge in [0.05, 0.1) is 0 Å². The third-order valence-corrected chi connectivity index (χ3v) is 5.50. The molecule has 104 valence electrons. The third-order valence-electron chi connectivity index (χ3n) is 3.37. The Hall–Kier alpha value is 0.848.